The highest BCUT2D eigenvalue weighted by Crippen LogP contribution is 2.09. The minimum Gasteiger partial charge on any atom is -0.466 e. The lowest BCUT2D eigenvalue weighted by Crippen LogP contribution is -2.10. The molecular formula is C12H16O6. The van der Waals surface area contributed by atoms with Gasteiger partial charge >= 0.3 is 11.9 Å². The number of furan rings is 1. The first-order chi connectivity index (χ1) is 8.65. The van der Waals surface area contributed by atoms with Crippen LogP contribution in [0.2, 0.25) is 0 Å². The number of aliphatic hydroxyl groups excluding tert-OH is 1. The largest absolute Gasteiger partial charge is 0.466 e. The molecule has 1 heterocycles. The second kappa shape index (κ2) is 7.50. The van der Waals surface area contributed by atoms with Crippen molar-refractivity contribution in [3.05, 3.63) is 23.7 Å². The SMILES string of the molecule is CCOC(=O)CCC(=O)OCc1ccc(CO)o1. The molecule has 0 amide bonds. The zero-order valence-corrected chi connectivity index (χ0v) is 10.2. The summed E-state index contributed by atoms with van der Waals surface area (Å²) < 4.78 is 14.7. The molecule has 0 aliphatic rings. The first kappa shape index (κ1) is 14.2. The third-order valence-corrected chi connectivity index (χ3v) is 2.09. The summed E-state index contributed by atoms with van der Waals surface area (Å²) in [6.07, 6.45) is -0.0148. The van der Waals surface area contributed by atoms with Gasteiger partial charge in [0.2, 0.25) is 0 Å². The molecule has 0 saturated carbocycles. The number of ether oxygens (including phenoxy) is 2. The number of hydrogen-bond acceptors (Lipinski definition) is 6. The van der Waals surface area contributed by atoms with Gasteiger partial charge in [-0.1, -0.05) is 0 Å². The van der Waals surface area contributed by atoms with E-state index in [1.54, 1.807) is 19.1 Å². The van der Waals surface area contributed by atoms with Crippen molar-refractivity contribution in [2.24, 2.45) is 0 Å². The van der Waals surface area contributed by atoms with E-state index in [-0.39, 0.29) is 26.1 Å². The molecule has 1 aromatic heterocycles. The number of hydrogen-bond donors (Lipinski definition) is 1. The van der Waals surface area contributed by atoms with Gasteiger partial charge in [-0.15, -0.1) is 0 Å². The Labute approximate surface area is 104 Å². The lowest BCUT2D eigenvalue weighted by atomic mass is 10.3. The van der Waals surface area contributed by atoms with E-state index < -0.39 is 11.9 Å². The van der Waals surface area contributed by atoms with E-state index in [9.17, 15) is 9.59 Å². The van der Waals surface area contributed by atoms with Crippen molar-refractivity contribution in [3.8, 4) is 0 Å². The fourth-order valence-electron chi connectivity index (χ4n) is 1.25. The number of rotatable bonds is 7. The molecule has 0 unspecified atom stereocenters. The summed E-state index contributed by atoms with van der Waals surface area (Å²) in [5.41, 5.74) is 0. The van der Waals surface area contributed by atoms with Crippen LogP contribution >= 0.6 is 0 Å². The van der Waals surface area contributed by atoms with Crippen molar-refractivity contribution < 1.29 is 28.6 Å². The molecule has 0 aromatic carbocycles. The van der Waals surface area contributed by atoms with Gasteiger partial charge in [0.25, 0.3) is 0 Å². The quantitative estimate of drug-likeness (QED) is 0.737. The molecule has 6 heteroatoms. The second-order valence-electron chi connectivity index (χ2n) is 3.49. The van der Waals surface area contributed by atoms with Gasteiger partial charge < -0.3 is 19.0 Å². The van der Waals surface area contributed by atoms with Crippen LogP contribution in [-0.4, -0.2) is 23.7 Å². The molecule has 18 heavy (non-hydrogen) atoms. The topological polar surface area (TPSA) is 86.0 Å². The molecule has 0 aliphatic heterocycles. The van der Waals surface area contributed by atoms with Gasteiger partial charge in [-0.25, -0.2) is 0 Å². The maximum absolute atomic E-state index is 11.3. The van der Waals surface area contributed by atoms with Gasteiger partial charge in [-0.05, 0) is 19.1 Å². The van der Waals surface area contributed by atoms with Gasteiger partial charge in [0.05, 0.1) is 19.4 Å². The molecule has 0 saturated heterocycles. The van der Waals surface area contributed by atoms with Gasteiger partial charge in [0.1, 0.15) is 24.7 Å². The van der Waals surface area contributed by atoms with Crippen LogP contribution in [0, 0.1) is 0 Å². The van der Waals surface area contributed by atoms with Crippen LogP contribution in [0.15, 0.2) is 16.5 Å². The van der Waals surface area contributed by atoms with Crippen molar-refractivity contribution in [2.75, 3.05) is 6.61 Å². The summed E-state index contributed by atoms with van der Waals surface area (Å²) in [6.45, 7) is 1.79. The van der Waals surface area contributed by atoms with Crippen molar-refractivity contribution in [1.82, 2.24) is 0 Å². The zero-order valence-electron chi connectivity index (χ0n) is 10.2. The number of aliphatic hydroxyl groups is 1. The highest BCUT2D eigenvalue weighted by molar-refractivity contribution is 5.77. The van der Waals surface area contributed by atoms with Crippen molar-refractivity contribution in [2.45, 2.75) is 33.0 Å². The highest BCUT2D eigenvalue weighted by Gasteiger charge is 2.10. The fourth-order valence-corrected chi connectivity index (χ4v) is 1.25. The smallest absolute Gasteiger partial charge is 0.306 e. The summed E-state index contributed by atoms with van der Waals surface area (Å²) in [7, 11) is 0. The van der Waals surface area contributed by atoms with Crippen LogP contribution in [0.25, 0.3) is 0 Å². The molecule has 1 aromatic rings. The van der Waals surface area contributed by atoms with Crippen molar-refractivity contribution in [1.29, 1.82) is 0 Å². The molecule has 6 nitrogen and oxygen atoms in total. The van der Waals surface area contributed by atoms with E-state index in [0.29, 0.717) is 18.1 Å². The van der Waals surface area contributed by atoms with E-state index in [4.69, 9.17) is 14.3 Å². The van der Waals surface area contributed by atoms with E-state index in [1.807, 2.05) is 0 Å². The Morgan fingerprint density at radius 2 is 1.78 bits per heavy atom. The Morgan fingerprint density at radius 3 is 2.33 bits per heavy atom. The first-order valence-electron chi connectivity index (χ1n) is 5.65. The summed E-state index contributed by atoms with van der Waals surface area (Å²) in [5, 5.41) is 8.77. The van der Waals surface area contributed by atoms with E-state index in [2.05, 4.69) is 4.74 Å². The molecule has 1 rings (SSSR count). The Hall–Kier alpha value is -1.82. The number of carbonyl (C=O) groups excluding carboxylic acids is 2. The lowest BCUT2D eigenvalue weighted by molar-refractivity contribution is -0.151. The van der Waals surface area contributed by atoms with Crippen LogP contribution < -0.4 is 0 Å². The Bertz CT molecular complexity index is 395. The number of esters is 2. The molecule has 0 atom stereocenters. The molecule has 0 fully saturated rings. The van der Waals surface area contributed by atoms with Crippen molar-refractivity contribution in [3.63, 3.8) is 0 Å². The molecule has 100 valence electrons. The minimum absolute atomic E-state index is 0.00666. The average Bonchev–Trinajstić information content (AvgIpc) is 2.82. The summed E-state index contributed by atoms with van der Waals surface area (Å²) in [4.78, 5) is 22.3. The first-order valence-corrected chi connectivity index (χ1v) is 5.65. The second-order valence-corrected chi connectivity index (χ2v) is 3.49. The molecule has 1 N–H and O–H groups in total. The summed E-state index contributed by atoms with van der Waals surface area (Å²) in [6, 6.07) is 3.21. The number of carbonyl (C=O) groups is 2. The maximum Gasteiger partial charge on any atom is 0.306 e. The third kappa shape index (κ3) is 5.01. The normalized spacial score (nSPS) is 10.1. The summed E-state index contributed by atoms with van der Waals surface area (Å²) in [5.74, 6) is -0.0591. The molecular weight excluding hydrogens is 240 g/mol. The minimum atomic E-state index is -0.495. The molecule has 0 aliphatic carbocycles. The molecule has 0 spiro atoms. The lowest BCUT2D eigenvalue weighted by Gasteiger charge is -2.03. The van der Waals surface area contributed by atoms with Crippen molar-refractivity contribution >= 4 is 11.9 Å². The predicted octanol–water partition coefficient (Wildman–Crippen LogP) is 1.16. The Balaban J connectivity index is 2.22. The van der Waals surface area contributed by atoms with Gasteiger partial charge in [0.15, 0.2) is 0 Å². The highest BCUT2D eigenvalue weighted by atomic mass is 16.5. The Morgan fingerprint density at radius 1 is 1.17 bits per heavy atom. The summed E-state index contributed by atoms with van der Waals surface area (Å²) >= 11 is 0. The third-order valence-electron chi connectivity index (χ3n) is 2.09. The van der Waals surface area contributed by atoms with E-state index in [0.717, 1.165) is 0 Å². The monoisotopic (exact) mass is 256 g/mol. The predicted molar refractivity (Wildman–Crippen MR) is 60.3 cm³/mol. The zero-order chi connectivity index (χ0) is 13.4. The van der Waals surface area contributed by atoms with Crippen LogP contribution in [0.3, 0.4) is 0 Å². The van der Waals surface area contributed by atoms with Crippen LogP contribution in [0.4, 0.5) is 0 Å². The van der Waals surface area contributed by atoms with E-state index >= 15 is 0 Å². The Kier molecular flexibility index (Phi) is 5.93. The maximum atomic E-state index is 11.3. The standard InChI is InChI=1S/C12H16O6/c1-2-16-11(14)5-6-12(15)17-8-10-4-3-9(7-13)18-10/h3-4,13H,2,5-8H2,1H3. The fraction of sp³-hybridized carbons (Fsp3) is 0.500. The van der Waals surface area contributed by atoms with Crippen LogP contribution in [0.5, 0.6) is 0 Å². The van der Waals surface area contributed by atoms with Gasteiger partial charge in [-0.3, -0.25) is 9.59 Å². The molecule has 0 bridgehead atoms. The van der Waals surface area contributed by atoms with Gasteiger partial charge in [-0.2, -0.15) is 0 Å². The van der Waals surface area contributed by atoms with E-state index in [1.165, 1.54) is 0 Å². The average molecular weight is 256 g/mol. The molecule has 0 radical (unpaired) electrons. The van der Waals surface area contributed by atoms with Gasteiger partial charge in [0, 0.05) is 0 Å². The van der Waals surface area contributed by atoms with Crippen LogP contribution in [-0.2, 0) is 32.3 Å². The van der Waals surface area contributed by atoms with Crippen LogP contribution in [0.1, 0.15) is 31.3 Å².